The summed E-state index contributed by atoms with van der Waals surface area (Å²) in [4.78, 5) is 25.0. The maximum atomic E-state index is 12.7. The van der Waals surface area contributed by atoms with Gasteiger partial charge in [0, 0.05) is 23.7 Å². The van der Waals surface area contributed by atoms with Crippen LogP contribution in [0.25, 0.3) is 11.0 Å². The number of carbonyl (C=O) groups is 1. The van der Waals surface area contributed by atoms with Gasteiger partial charge in [-0.3, -0.25) is 0 Å². The Kier molecular flexibility index (Phi) is 5.53. The SMILES string of the molecule is COCc1c(C(=O)OCc2nc(N)nc(Nc3ccccc3)n2)oc2ccccc12. The number of anilines is 3. The molecular weight excluding hydrogens is 386 g/mol. The molecule has 3 N–H and O–H groups in total. The monoisotopic (exact) mass is 405 g/mol. The van der Waals surface area contributed by atoms with Gasteiger partial charge in [-0.15, -0.1) is 0 Å². The Bertz CT molecular complexity index is 1180. The molecule has 0 spiro atoms. The second-order valence-electron chi connectivity index (χ2n) is 6.34. The Morgan fingerprint density at radius 2 is 1.80 bits per heavy atom. The van der Waals surface area contributed by atoms with Gasteiger partial charge in [0.25, 0.3) is 0 Å². The highest BCUT2D eigenvalue weighted by Crippen LogP contribution is 2.27. The maximum Gasteiger partial charge on any atom is 0.375 e. The second-order valence-corrected chi connectivity index (χ2v) is 6.34. The molecule has 0 saturated carbocycles. The van der Waals surface area contributed by atoms with Gasteiger partial charge in [-0.25, -0.2) is 4.79 Å². The molecule has 2 aromatic heterocycles. The first kappa shape index (κ1) is 19.3. The molecule has 2 heterocycles. The largest absolute Gasteiger partial charge is 0.452 e. The zero-order valence-corrected chi connectivity index (χ0v) is 16.2. The lowest BCUT2D eigenvalue weighted by atomic mass is 10.1. The van der Waals surface area contributed by atoms with Crippen LogP contribution in [0.5, 0.6) is 0 Å². The molecule has 9 nitrogen and oxygen atoms in total. The number of methoxy groups -OCH3 is 1. The highest BCUT2D eigenvalue weighted by atomic mass is 16.5. The lowest BCUT2D eigenvalue weighted by Crippen LogP contribution is -2.12. The van der Waals surface area contributed by atoms with Gasteiger partial charge in [0.2, 0.25) is 17.7 Å². The lowest BCUT2D eigenvalue weighted by Gasteiger charge is -2.08. The third-order valence-electron chi connectivity index (χ3n) is 4.23. The molecule has 152 valence electrons. The average molecular weight is 405 g/mol. The van der Waals surface area contributed by atoms with Gasteiger partial charge in [0.05, 0.1) is 6.61 Å². The fourth-order valence-corrected chi connectivity index (χ4v) is 2.96. The summed E-state index contributed by atoms with van der Waals surface area (Å²) in [6.07, 6.45) is 0. The Balaban J connectivity index is 1.51. The van der Waals surface area contributed by atoms with Gasteiger partial charge in [0.1, 0.15) is 5.58 Å². The van der Waals surface area contributed by atoms with E-state index in [2.05, 4.69) is 20.3 Å². The fraction of sp³-hybridized carbons (Fsp3) is 0.143. The first-order chi connectivity index (χ1) is 14.6. The number of rotatable bonds is 7. The van der Waals surface area contributed by atoms with E-state index in [1.54, 1.807) is 13.2 Å². The summed E-state index contributed by atoms with van der Waals surface area (Å²) in [5.74, 6) is -0.0851. The minimum atomic E-state index is -0.644. The standard InChI is InChI=1S/C21H19N5O4/c1-28-11-15-14-9-5-6-10-16(14)30-18(15)19(27)29-12-17-24-20(22)26-21(25-17)23-13-7-3-2-4-8-13/h2-10H,11-12H2,1H3,(H3,22,23,24,25,26). The van der Waals surface area contributed by atoms with Crippen LogP contribution in [0.4, 0.5) is 17.6 Å². The zero-order valence-electron chi connectivity index (χ0n) is 16.2. The number of para-hydroxylation sites is 2. The van der Waals surface area contributed by atoms with Crippen molar-refractivity contribution in [3.05, 3.63) is 71.7 Å². The summed E-state index contributed by atoms with van der Waals surface area (Å²) in [5.41, 5.74) is 7.76. The molecule has 0 radical (unpaired) electrons. The number of esters is 1. The number of nitrogens with zero attached hydrogens (tertiary/aromatic N) is 3. The van der Waals surface area contributed by atoms with Crippen molar-refractivity contribution in [3.8, 4) is 0 Å². The number of nitrogens with two attached hydrogens (primary N) is 1. The molecule has 30 heavy (non-hydrogen) atoms. The van der Waals surface area contributed by atoms with Crippen molar-refractivity contribution in [1.82, 2.24) is 15.0 Å². The average Bonchev–Trinajstić information content (AvgIpc) is 3.11. The first-order valence-corrected chi connectivity index (χ1v) is 9.13. The van der Waals surface area contributed by atoms with Crippen LogP contribution in [-0.4, -0.2) is 28.0 Å². The molecule has 0 aliphatic rings. The number of hydrogen-bond donors (Lipinski definition) is 2. The first-order valence-electron chi connectivity index (χ1n) is 9.13. The number of fused-ring (bicyclic) bond motifs is 1. The Morgan fingerprint density at radius 1 is 1.03 bits per heavy atom. The second kappa shape index (κ2) is 8.58. The van der Waals surface area contributed by atoms with Crippen molar-refractivity contribution in [2.75, 3.05) is 18.2 Å². The molecule has 4 aromatic rings. The summed E-state index contributed by atoms with van der Waals surface area (Å²) < 4.78 is 16.3. The smallest absolute Gasteiger partial charge is 0.375 e. The van der Waals surface area contributed by atoms with Crippen molar-refractivity contribution >= 4 is 34.5 Å². The van der Waals surface area contributed by atoms with E-state index < -0.39 is 5.97 Å². The van der Waals surface area contributed by atoms with Gasteiger partial charge < -0.3 is 24.9 Å². The van der Waals surface area contributed by atoms with E-state index in [0.717, 1.165) is 11.1 Å². The van der Waals surface area contributed by atoms with Crippen molar-refractivity contribution < 1.29 is 18.7 Å². The van der Waals surface area contributed by atoms with E-state index in [4.69, 9.17) is 19.6 Å². The fourth-order valence-electron chi connectivity index (χ4n) is 2.96. The predicted octanol–water partition coefficient (Wildman–Crippen LogP) is 3.45. The van der Waals surface area contributed by atoms with E-state index >= 15 is 0 Å². The molecule has 0 amide bonds. The lowest BCUT2D eigenvalue weighted by molar-refractivity contribution is 0.0422. The summed E-state index contributed by atoms with van der Waals surface area (Å²) in [5, 5.41) is 3.83. The summed E-state index contributed by atoms with van der Waals surface area (Å²) >= 11 is 0. The van der Waals surface area contributed by atoms with E-state index in [-0.39, 0.29) is 36.7 Å². The quantitative estimate of drug-likeness (QED) is 0.445. The number of hydrogen-bond acceptors (Lipinski definition) is 9. The maximum absolute atomic E-state index is 12.7. The van der Waals surface area contributed by atoms with Crippen molar-refractivity contribution in [3.63, 3.8) is 0 Å². The number of ether oxygens (including phenoxy) is 2. The normalized spacial score (nSPS) is 10.8. The minimum Gasteiger partial charge on any atom is -0.452 e. The van der Waals surface area contributed by atoms with Crippen LogP contribution >= 0.6 is 0 Å². The summed E-state index contributed by atoms with van der Waals surface area (Å²) in [6.45, 7) is 0.0176. The number of nitrogen functional groups attached to an aromatic ring is 1. The van der Waals surface area contributed by atoms with Crippen molar-refractivity contribution in [2.45, 2.75) is 13.2 Å². The number of aromatic nitrogens is 3. The van der Waals surface area contributed by atoms with Crippen LogP contribution in [0.1, 0.15) is 21.9 Å². The van der Waals surface area contributed by atoms with Gasteiger partial charge in [0.15, 0.2) is 12.4 Å². The van der Waals surface area contributed by atoms with Gasteiger partial charge >= 0.3 is 5.97 Å². The molecule has 0 unspecified atom stereocenters. The van der Waals surface area contributed by atoms with Crippen LogP contribution in [0, 0.1) is 0 Å². The van der Waals surface area contributed by atoms with E-state index in [1.165, 1.54) is 0 Å². The molecule has 0 aliphatic carbocycles. The summed E-state index contributed by atoms with van der Waals surface area (Å²) in [7, 11) is 1.55. The van der Waals surface area contributed by atoms with Crippen LogP contribution in [0.2, 0.25) is 0 Å². The number of nitrogens with one attached hydrogen (secondary N) is 1. The van der Waals surface area contributed by atoms with E-state index in [9.17, 15) is 4.79 Å². The molecule has 9 heteroatoms. The highest BCUT2D eigenvalue weighted by molar-refractivity contribution is 5.96. The third-order valence-corrected chi connectivity index (χ3v) is 4.23. The molecule has 0 fully saturated rings. The predicted molar refractivity (Wildman–Crippen MR) is 110 cm³/mol. The Hall–Kier alpha value is -3.98. The minimum absolute atomic E-state index is 0.0123. The molecule has 0 saturated heterocycles. The third kappa shape index (κ3) is 4.20. The molecular formula is C21H19N5O4. The topological polar surface area (TPSA) is 125 Å². The summed E-state index contributed by atoms with van der Waals surface area (Å²) in [6, 6.07) is 16.7. The van der Waals surface area contributed by atoms with Crippen LogP contribution < -0.4 is 11.1 Å². The van der Waals surface area contributed by atoms with E-state index in [0.29, 0.717) is 11.1 Å². The number of carbonyl (C=O) groups excluding carboxylic acids is 1. The molecule has 0 atom stereocenters. The van der Waals surface area contributed by atoms with Gasteiger partial charge in [-0.1, -0.05) is 36.4 Å². The van der Waals surface area contributed by atoms with Crippen molar-refractivity contribution in [1.29, 1.82) is 0 Å². The van der Waals surface area contributed by atoms with E-state index in [1.807, 2.05) is 48.5 Å². The Labute approximate surface area is 171 Å². The highest BCUT2D eigenvalue weighted by Gasteiger charge is 2.22. The Morgan fingerprint density at radius 3 is 2.60 bits per heavy atom. The number of benzene rings is 2. The molecule has 2 aromatic carbocycles. The molecule has 4 rings (SSSR count). The van der Waals surface area contributed by atoms with Crippen LogP contribution in [-0.2, 0) is 22.7 Å². The number of furan rings is 1. The van der Waals surface area contributed by atoms with Gasteiger partial charge in [-0.2, -0.15) is 15.0 Å². The van der Waals surface area contributed by atoms with Crippen LogP contribution in [0.3, 0.4) is 0 Å². The molecule has 0 bridgehead atoms. The van der Waals surface area contributed by atoms with Crippen molar-refractivity contribution in [2.24, 2.45) is 0 Å². The molecule has 0 aliphatic heterocycles. The zero-order chi connectivity index (χ0) is 20.9. The van der Waals surface area contributed by atoms with Crippen LogP contribution in [0.15, 0.2) is 59.0 Å². The van der Waals surface area contributed by atoms with Gasteiger partial charge in [-0.05, 0) is 18.2 Å².